The van der Waals surface area contributed by atoms with Gasteiger partial charge in [-0.25, -0.2) is 23.1 Å². The minimum absolute atomic E-state index is 0.263. The van der Waals surface area contributed by atoms with Gasteiger partial charge in [0.1, 0.15) is 29.5 Å². The van der Waals surface area contributed by atoms with E-state index in [0.717, 1.165) is 5.56 Å². The summed E-state index contributed by atoms with van der Waals surface area (Å²) in [5.41, 5.74) is 0.707. The van der Waals surface area contributed by atoms with Crippen molar-refractivity contribution in [3.8, 4) is 5.69 Å². The number of hydrogen-bond acceptors (Lipinski definition) is 6. The Balaban J connectivity index is 1.44. The molecule has 0 unspecified atom stereocenters. The molecule has 4 aromatic rings. The number of nitrogens with one attached hydrogen (secondary N) is 1. The largest absolute Gasteiger partial charge is 0.390 e. The highest BCUT2D eigenvalue weighted by Crippen LogP contribution is 2.37. The van der Waals surface area contributed by atoms with Crippen LogP contribution in [0, 0.1) is 18.6 Å². The molecule has 1 aliphatic rings. The van der Waals surface area contributed by atoms with Crippen molar-refractivity contribution >= 4 is 11.6 Å². The van der Waals surface area contributed by atoms with Crippen molar-refractivity contribution in [2.24, 2.45) is 0 Å². The Morgan fingerprint density at radius 1 is 1.12 bits per heavy atom. The maximum Gasteiger partial charge on any atom is 0.246 e. The standard InChI is InChI=1S/C23H23F2N7O/c1-14-26-13-32(29-14)20-8-7-17(11-19(20)25)27-22-28-21-18(15-3-5-16(24)6-4-15)12-23(2,33)9-10-31(21)30-22/h3-8,11,13,18,33H,9-10,12H2,1-2H3,(H,27,30)/t18-,23+/m1/s1. The van der Waals surface area contributed by atoms with E-state index in [2.05, 4.69) is 25.5 Å². The molecule has 0 bridgehead atoms. The Morgan fingerprint density at radius 3 is 2.61 bits per heavy atom. The molecule has 2 atom stereocenters. The number of rotatable bonds is 4. The van der Waals surface area contributed by atoms with Crippen molar-refractivity contribution in [3.05, 3.63) is 77.6 Å². The SMILES string of the molecule is Cc1ncn(-c2ccc(Nc3nc4n(n3)CC[C@](C)(O)C[C@@H]4c3ccc(F)cc3)cc2F)n1. The lowest BCUT2D eigenvalue weighted by molar-refractivity contribution is 0.0384. The third-order valence-electron chi connectivity index (χ3n) is 5.85. The van der Waals surface area contributed by atoms with Crippen molar-refractivity contribution < 1.29 is 13.9 Å². The third-order valence-corrected chi connectivity index (χ3v) is 5.85. The van der Waals surface area contributed by atoms with Gasteiger partial charge in [-0.2, -0.15) is 10.1 Å². The first-order chi connectivity index (χ1) is 15.8. The van der Waals surface area contributed by atoms with Crippen molar-refractivity contribution in [2.75, 3.05) is 5.32 Å². The fourth-order valence-electron chi connectivity index (χ4n) is 4.13. The number of aliphatic hydroxyl groups is 1. The molecule has 8 nitrogen and oxygen atoms in total. The summed E-state index contributed by atoms with van der Waals surface area (Å²) >= 11 is 0. The van der Waals surface area contributed by atoms with Crippen LogP contribution in [-0.2, 0) is 6.54 Å². The van der Waals surface area contributed by atoms with E-state index in [9.17, 15) is 13.9 Å². The van der Waals surface area contributed by atoms with E-state index >= 15 is 0 Å². The second-order valence-corrected chi connectivity index (χ2v) is 8.60. The molecule has 0 fully saturated rings. The van der Waals surface area contributed by atoms with E-state index in [0.29, 0.717) is 42.7 Å². The molecular weight excluding hydrogens is 428 g/mol. The van der Waals surface area contributed by atoms with Gasteiger partial charge in [-0.15, -0.1) is 5.10 Å². The fourth-order valence-corrected chi connectivity index (χ4v) is 4.13. The second kappa shape index (κ2) is 8.04. The molecule has 0 saturated carbocycles. The Labute approximate surface area is 188 Å². The maximum absolute atomic E-state index is 14.7. The lowest BCUT2D eigenvalue weighted by atomic mass is 9.86. The molecule has 0 saturated heterocycles. The molecule has 0 radical (unpaired) electrons. The van der Waals surface area contributed by atoms with Gasteiger partial charge in [0.2, 0.25) is 5.95 Å². The van der Waals surface area contributed by atoms with E-state index in [1.807, 2.05) is 0 Å². The highest BCUT2D eigenvalue weighted by Gasteiger charge is 2.34. The minimum Gasteiger partial charge on any atom is -0.390 e. The molecule has 2 aromatic heterocycles. The van der Waals surface area contributed by atoms with Crippen LogP contribution in [0.3, 0.4) is 0 Å². The van der Waals surface area contributed by atoms with E-state index < -0.39 is 11.4 Å². The predicted molar refractivity (Wildman–Crippen MR) is 117 cm³/mol. The van der Waals surface area contributed by atoms with Crippen molar-refractivity contribution in [1.82, 2.24) is 29.5 Å². The average molecular weight is 451 g/mol. The summed E-state index contributed by atoms with van der Waals surface area (Å²) in [5, 5.41) is 22.5. The highest BCUT2D eigenvalue weighted by molar-refractivity contribution is 5.56. The summed E-state index contributed by atoms with van der Waals surface area (Å²) in [6.45, 7) is 4.00. The lowest BCUT2D eigenvalue weighted by Gasteiger charge is -2.24. The third kappa shape index (κ3) is 4.34. The average Bonchev–Trinajstić information content (AvgIpc) is 3.35. The first-order valence-electron chi connectivity index (χ1n) is 10.7. The van der Waals surface area contributed by atoms with Crippen LogP contribution < -0.4 is 5.32 Å². The normalized spacial score (nSPS) is 20.3. The number of hydrogen-bond donors (Lipinski definition) is 2. The number of aryl methyl sites for hydroxylation is 2. The number of aromatic nitrogens is 6. The topological polar surface area (TPSA) is 93.7 Å². The Kier molecular flexibility index (Phi) is 5.16. The molecule has 10 heteroatoms. The van der Waals surface area contributed by atoms with E-state index in [1.54, 1.807) is 42.8 Å². The van der Waals surface area contributed by atoms with Gasteiger partial charge in [0.15, 0.2) is 5.82 Å². The van der Waals surface area contributed by atoms with E-state index in [-0.39, 0.29) is 17.4 Å². The molecule has 0 aliphatic carbocycles. The van der Waals surface area contributed by atoms with Crippen LogP contribution >= 0.6 is 0 Å². The molecule has 1 aliphatic heterocycles. The van der Waals surface area contributed by atoms with Crippen LogP contribution in [0.25, 0.3) is 5.69 Å². The minimum atomic E-state index is -0.909. The number of benzene rings is 2. The number of halogens is 2. The summed E-state index contributed by atoms with van der Waals surface area (Å²) in [6, 6.07) is 10.9. The fraction of sp³-hybridized carbons (Fsp3) is 0.304. The van der Waals surface area contributed by atoms with Crippen LogP contribution in [0.4, 0.5) is 20.4 Å². The molecule has 33 heavy (non-hydrogen) atoms. The zero-order valence-electron chi connectivity index (χ0n) is 18.2. The van der Waals surface area contributed by atoms with Gasteiger partial charge in [-0.05, 0) is 62.6 Å². The van der Waals surface area contributed by atoms with Gasteiger partial charge >= 0.3 is 0 Å². The molecule has 170 valence electrons. The molecule has 3 heterocycles. The van der Waals surface area contributed by atoms with E-state index in [1.165, 1.54) is 29.2 Å². The predicted octanol–water partition coefficient (Wildman–Crippen LogP) is 3.87. The van der Waals surface area contributed by atoms with Crippen molar-refractivity contribution in [1.29, 1.82) is 0 Å². The first-order valence-corrected chi connectivity index (χ1v) is 10.7. The quantitative estimate of drug-likeness (QED) is 0.489. The Hall–Kier alpha value is -3.66. The summed E-state index contributed by atoms with van der Waals surface area (Å²) in [4.78, 5) is 8.68. The molecule has 5 rings (SSSR count). The van der Waals surface area contributed by atoms with Crippen LogP contribution in [0.1, 0.15) is 42.9 Å². The van der Waals surface area contributed by atoms with Gasteiger partial charge in [0.05, 0.1) is 5.60 Å². The van der Waals surface area contributed by atoms with Gasteiger partial charge in [-0.3, -0.25) is 0 Å². The van der Waals surface area contributed by atoms with Crippen LogP contribution in [-0.4, -0.2) is 40.2 Å². The summed E-state index contributed by atoms with van der Waals surface area (Å²) in [6.07, 6.45) is 2.39. The lowest BCUT2D eigenvalue weighted by Crippen LogP contribution is -2.26. The zero-order chi connectivity index (χ0) is 23.2. The van der Waals surface area contributed by atoms with Gasteiger partial charge < -0.3 is 10.4 Å². The van der Waals surface area contributed by atoms with E-state index in [4.69, 9.17) is 0 Å². The summed E-state index contributed by atoms with van der Waals surface area (Å²) < 4.78 is 31.3. The van der Waals surface area contributed by atoms with Gasteiger partial charge in [-0.1, -0.05) is 12.1 Å². The molecule has 2 aromatic carbocycles. The Bertz CT molecular complexity index is 1300. The van der Waals surface area contributed by atoms with Gasteiger partial charge in [0.25, 0.3) is 0 Å². The first kappa shape index (κ1) is 21.2. The number of anilines is 2. The summed E-state index contributed by atoms with van der Waals surface area (Å²) in [7, 11) is 0. The molecule has 2 N–H and O–H groups in total. The monoisotopic (exact) mass is 451 g/mol. The smallest absolute Gasteiger partial charge is 0.246 e. The second-order valence-electron chi connectivity index (χ2n) is 8.60. The number of nitrogens with zero attached hydrogens (tertiary/aromatic N) is 6. The molecular formula is C23H23F2N7O. The molecule has 0 amide bonds. The van der Waals surface area contributed by atoms with Crippen LogP contribution in [0.2, 0.25) is 0 Å². The van der Waals surface area contributed by atoms with Crippen molar-refractivity contribution in [2.45, 2.75) is 44.8 Å². The maximum atomic E-state index is 14.7. The van der Waals surface area contributed by atoms with Crippen molar-refractivity contribution in [3.63, 3.8) is 0 Å². The zero-order valence-corrected chi connectivity index (χ0v) is 18.2. The van der Waals surface area contributed by atoms with Crippen LogP contribution in [0.5, 0.6) is 0 Å². The number of fused-ring (bicyclic) bond motifs is 1. The summed E-state index contributed by atoms with van der Waals surface area (Å²) in [5.74, 6) is 0.482. The highest BCUT2D eigenvalue weighted by atomic mass is 19.1. The van der Waals surface area contributed by atoms with Gasteiger partial charge in [0, 0.05) is 18.2 Å². The molecule has 0 spiro atoms. The Morgan fingerprint density at radius 2 is 1.91 bits per heavy atom. The van der Waals surface area contributed by atoms with Crippen LogP contribution in [0.15, 0.2) is 48.8 Å².